The zero-order chi connectivity index (χ0) is 9.68. The number of phenolic OH excluding ortho intramolecular Hbond substituents is 1. The van der Waals surface area contributed by atoms with Crippen LogP contribution in [0.3, 0.4) is 0 Å². The van der Waals surface area contributed by atoms with Gasteiger partial charge in [-0.15, -0.1) is 0 Å². The molecule has 0 bridgehead atoms. The van der Waals surface area contributed by atoms with Crippen molar-refractivity contribution in [2.45, 2.75) is 13.3 Å². The molecule has 0 aliphatic carbocycles. The molecule has 0 aliphatic rings. The summed E-state index contributed by atoms with van der Waals surface area (Å²) in [5, 5.41) is 8.96. The number of hydrogen-bond donors (Lipinski definition) is 1. The Bertz CT molecular complexity index is 277. The monoisotopic (exact) mass is 186 g/mol. The van der Waals surface area contributed by atoms with Gasteiger partial charge in [0.15, 0.2) is 0 Å². The maximum absolute atomic E-state index is 11.2. The highest BCUT2D eigenvalue weighted by Gasteiger charge is 2.05. The SMILES string of the molecule is CCCOC(=O)[13c]1[13cH][13cH][13c](O)[13cH][13cH]1. The van der Waals surface area contributed by atoms with Gasteiger partial charge in [-0.2, -0.15) is 0 Å². The van der Waals surface area contributed by atoms with Crippen molar-refractivity contribution >= 4 is 5.97 Å². The van der Waals surface area contributed by atoms with Crippen molar-refractivity contribution in [3.8, 4) is 5.75 Å². The molecule has 0 atom stereocenters. The highest BCUT2D eigenvalue weighted by atomic mass is 16.5. The summed E-state index contributed by atoms with van der Waals surface area (Å²) in [6.45, 7) is 2.36. The quantitative estimate of drug-likeness (QED) is 0.734. The molecule has 3 heteroatoms. The molecule has 13 heavy (non-hydrogen) atoms. The Kier molecular flexibility index (Phi) is 3.31. The van der Waals surface area contributed by atoms with Crippen LogP contribution < -0.4 is 0 Å². The summed E-state index contributed by atoms with van der Waals surface area (Å²) in [6.07, 6.45) is 0.809. The molecule has 0 saturated carbocycles. The van der Waals surface area contributed by atoms with Crippen molar-refractivity contribution in [3.63, 3.8) is 0 Å². The topological polar surface area (TPSA) is 46.5 Å². The summed E-state index contributed by atoms with van der Waals surface area (Å²) in [5.74, 6) is -0.200. The van der Waals surface area contributed by atoms with Crippen molar-refractivity contribution in [3.05, 3.63) is 29.8 Å². The molecule has 0 unspecified atom stereocenters. The van der Waals surface area contributed by atoms with Crippen LogP contribution in [0.1, 0.15) is 23.7 Å². The number of rotatable bonds is 3. The molecule has 70 valence electrons. The van der Waals surface area contributed by atoms with E-state index in [4.69, 9.17) is 9.84 Å². The van der Waals surface area contributed by atoms with Crippen LogP contribution in [-0.4, -0.2) is 17.7 Å². The number of hydrogen-bond acceptors (Lipinski definition) is 3. The molecule has 0 saturated heterocycles. The first kappa shape index (κ1) is 9.58. The van der Waals surface area contributed by atoms with Crippen LogP contribution in [0.15, 0.2) is 24.3 Å². The number of aromatic hydroxyl groups is 1. The number of benzene rings is 1. The Balaban J connectivity index is 2.61. The third-order valence-electron chi connectivity index (χ3n) is 1.54. The molecule has 0 amide bonds. The molecule has 1 aromatic carbocycles. The first-order valence-corrected chi connectivity index (χ1v) is 4.20. The minimum Gasteiger partial charge on any atom is -0.508 e. The summed E-state index contributed by atoms with van der Waals surface area (Å²) < 4.78 is 4.90. The van der Waals surface area contributed by atoms with Gasteiger partial charge in [-0.05, 0) is 30.7 Å². The second-order valence-corrected chi connectivity index (χ2v) is 2.68. The predicted molar refractivity (Wildman–Crippen MR) is 48.7 cm³/mol. The van der Waals surface area contributed by atoms with Crippen LogP contribution >= 0.6 is 0 Å². The zero-order valence-corrected chi connectivity index (χ0v) is 7.49. The number of ether oxygens (including phenoxy) is 1. The Labute approximate surface area is 77.0 Å². The van der Waals surface area contributed by atoms with E-state index in [1.807, 2.05) is 6.92 Å². The van der Waals surface area contributed by atoms with E-state index >= 15 is 0 Å². The van der Waals surface area contributed by atoms with Crippen LogP contribution in [-0.2, 0) is 4.74 Å². The fourth-order valence-corrected chi connectivity index (χ4v) is 0.876. The van der Waals surface area contributed by atoms with E-state index in [1.54, 1.807) is 0 Å². The molecule has 0 aromatic heterocycles. The summed E-state index contributed by atoms with van der Waals surface area (Å²) >= 11 is 0. The third kappa shape index (κ3) is 2.78. The van der Waals surface area contributed by atoms with Crippen LogP contribution in [0.25, 0.3) is 0 Å². The van der Waals surface area contributed by atoms with Gasteiger partial charge in [0, 0.05) is 0 Å². The van der Waals surface area contributed by atoms with E-state index in [9.17, 15) is 4.79 Å². The fourth-order valence-electron chi connectivity index (χ4n) is 0.876. The Hall–Kier alpha value is -1.51. The average molecular weight is 186 g/mol. The lowest BCUT2D eigenvalue weighted by Crippen LogP contribution is -2.05. The van der Waals surface area contributed by atoms with Gasteiger partial charge >= 0.3 is 5.97 Å². The van der Waals surface area contributed by atoms with Crippen molar-refractivity contribution in [2.75, 3.05) is 6.61 Å². The molecule has 3 nitrogen and oxygen atoms in total. The van der Waals surface area contributed by atoms with E-state index in [2.05, 4.69) is 0 Å². The van der Waals surface area contributed by atoms with E-state index in [0.717, 1.165) is 6.42 Å². The van der Waals surface area contributed by atoms with Crippen LogP contribution in [0.5, 0.6) is 5.75 Å². The molecule has 0 heterocycles. The number of carbonyl (C=O) groups excluding carboxylic acids is 1. The van der Waals surface area contributed by atoms with E-state index < -0.39 is 0 Å². The highest BCUT2D eigenvalue weighted by molar-refractivity contribution is 5.89. The number of carbonyl (C=O) groups is 1. The Morgan fingerprint density at radius 1 is 1.38 bits per heavy atom. The summed E-state index contributed by atoms with van der Waals surface area (Å²) in [5.41, 5.74) is 0.464. The molecule has 1 N–H and O–H groups in total. The highest BCUT2D eigenvalue weighted by Crippen LogP contribution is 2.10. The zero-order valence-electron chi connectivity index (χ0n) is 7.49. The van der Waals surface area contributed by atoms with E-state index in [0.29, 0.717) is 12.2 Å². The molecule has 0 aliphatic heterocycles. The van der Waals surface area contributed by atoms with Crippen molar-refractivity contribution in [2.24, 2.45) is 0 Å². The minimum absolute atomic E-state index is 0.145. The standard InChI is InChI=1S/C10H12O3/c1-2-7-13-10(12)8-3-5-9(11)6-4-8/h3-6,11H,2,7H2,1H3/i3+1,4+1,5+1,6+1,8+1,9+1. The maximum atomic E-state index is 11.2. The van der Waals surface area contributed by atoms with Gasteiger partial charge in [-0.3, -0.25) is 0 Å². The van der Waals surface area contributed by atoms with Crippen LogP contribution in [0, 0.1) is 0 Å². The molecule has 0 radical (unpaired) electrons. The molecular weight excluding hydrogens is 174 g/mol. The van der Waals surface area contributed by atoms with Crippen LogP contribution in [0.4, 0.5) is 0 Å². The van der Waals surface area contributed by atoms with Gasteiger partial charge in [-0.1, -0.05) is 6.92 Å². The number of esters is 1. The lowest BCUT2D eigenvalue weighted by molar-refractivity contribution is 0.0505. The van der Waals surface area contributed by atoms with Gasteiger partial charge in [0.25, 0.3) is 0 Å². The Morgan fingerprint density at radius 3 is 2.54 bits per heavy atom. The predicted octanol–water partition coefficient (Wildman–Crippen LogP) is 1.96. The summed E-state index contributed by atoms with van der Waals surface area (Å²) in [7, 11) is 0. The normalized spacial score (nSPS) is 9.62. The maximum Gasteiger partial charge on any atom is 0.338 e. The van der Waals surface area contributed by atoms with Crippen molar-refractivity contribution < 1.29 is 14.6 Å². The van der Waals surface area contributed by atoms with Gasteiger partial charge in [0.2, 0.25) is 0 Å². The van der Waals surface area contributed by atoms with E-state index in [-0.39, 0.29) is 11.7 Å². The van der Waals surface area contributed by atoms with Gasteiger partial charge in [0.1, 0.15) is 5.75 Å². The first-order valence-electron chi connectivity index (χ1n) is 4.20. The molecule has 1 rings (SSSR count). The van der Waals surface area contributed by atoms with E-state index in [1.165, 1.54) is 24.3 Å². The Morgan fingerprint density at radius 2 is 2.00 bits per heavy atom. The van der Waals surface area contributed by atoms with Gasteiger partial charge in [-0.25, -0.2) is 4.79 Å². The lowest BCUT2D eigenvalue weighted by Gasteiger charge is -2.02. The van der Waals surface area contributed by atoms with Crippen molar-refractivity contribution in [1.82, 2.24) is 0 Å². The molecular formula is C10H12O3. The van der Waals surface area contributed by atoms with Crippen LogP contribution in [0.2, 0.25) is 0 Å². The second kappa shape index (κ2) is 4.50. The molecule has 0 spiro atoms. The summed E-state index contributed by atoms with van der Waals surface area (Å²) in [4.78, 5) is 11.2. The first-order chi connectivity index (χ1) is 6.24. The molecule has 1 aromatic rings. The number of phenols is 1. The fraction of sp³-hybridized carbons (Fsp3) is 0.300. The lowest BCUT2D eigenvalue weighted by atomic mass is 10.5. The van der Waals surface area contributed by atoms with Gasteiger partial charge in [0.05, 0.1) is 12.2 Å². The second-order valence-electron chi connectivity index (χ2n) is 2.68. The van der Waals surface area contributed by atoms with Crippen molar-refractivity contribution in [1.29, 1.82) is 0 Å². The average Bonchev–Trinajstić information content (AvgIpc) is 2.15. The summed E-state index contributed by atoms with van der Waals surface area (Å²) in [6, 6.07) is 5.99. The largest absolute Gasteiger partial charge is 0.508 e. The minimum atomic E-state index is -0.346. The van der Waals surface area contributed by atoms with Gasteiger partial charge < -0.3 is 9.84 Å². The molecule has 0 fully saturated rings. The third-order valence-corrected chi connectivity index (χ3v) is 1.54. The smallest absolute Gasteiger partial charge is 0.338 e.